The molecule has 1 amide bonds. The zero-order valence-electron chi connectivity index (χ0n) is 23.3. The van der Waals surface area contributed by atoms with Crippen LogP contribution in [0.4, 0.5) is 23.1 Å². The molecule has 1 aliphatic rings. The summed E-state index contributed by atoms with van der Waals surface area (Å²) in [4.78, 5) is 37.6. The Hall–Kier alpha value is -4.26. The molecular formula is C28H29Cl2N9O3. The first-order valence-corrected chi connectivity index (χ1v) is 13.8. The second-order valence-electron chi connectivity index (χ2n) is 9.44. The van der Waals surface area contributed by atoms with Gasteiger partial charge in [0.1, 0.15) is 51.7 Å². The summed E-state index contributed by atoms with van der Waals surface area (Å²) >= 11 is 13.1. The van der Waals surface area contributed by atoms with Gasteiger partial charge in [-0.1, -0.05) is 29.3 Å². The van der Waals surface area contributed by atoms with Crippen LogP contribution in [0.1, 0.15) is 12.5 Å². The summed E-state index contributed by atoms with van der Waals surface area (Å²) in [6.45, 7) is 5.56. The largest absolute Gasteiger partial charge is 0.495 e. The summed E-state index contributed by atoms with van der Waals surface area (Å²) in [7, 11) is 3.01. The van der Waals surface area contributed by atoms with Crippen LogP contribution in [0.2, 0.25) is 10.0 Å². The van der Waals surface area contributed by atoms with Crippen molar-refractivity contribution in [3.05, 3.63) is 64.9 Å². The summed E-state index contributed by atoms with van der Waals surface area (Å²) < 4.78 is 10.7. The number of carbonyl (C=O) groups is 1. The molecule has 12 nitrogen and oxygen atoms in total. The summed E-state index contributed by atoms with van der Waals surface area (Å²) in [5.41, 5.74) is 2.60. The van der Waals surface area contributed by atoms with Crippen LogP contribution in [0.15, 0.2) is 49.3 Å². The number of pyridine rings is 1. The maximum atomic E-state index is 11.6. The molecule has 1 aromatic carbocycles. The normalized spacial score (nSPS) is 13.5. The number of amides is 1. The molecule has 42 heavy (non-hydrogen) atoms. The fraction of sp³-hybridized carbons (Fsp3) is 0.286. The number of benzene rings is 1. The van der Waals surface area contributed by atoms with Gasteiger partial charge < -0.3 is 25.0 Å². The number of hydrogen-bond donors (Lipinski definition) is 2. The number of hydrogen-bond acceptors (Lipinski definition) is 11. The lowest BCUT2D eigenvalue weighted by Crippen LogP contribution is -2.47. The number of piperazine rings is 1. The predicted octanol–water partition coefficient (Wildman–Crippen LogP) is 4.80. The lowest BCUT2D eigenvalue weighted by atomic mass is 10.2. The van der Waals surface area contributed by atoms with Gasteiger partial charge in [0.25, 0.3) is 0 Å². The van der Waals surface area contributed by atoms with Crippen LogP contribution >= 0.6 is 23.2 Å². The number of ether oxygens (including phenoxy) is 2. The van der Waals surface area contributed by atoms with E-state index in [0.29, 0.717) is 45.9 Å². The van der Waals surface area contributed by atoms with Crippen LogP contribution in [-0.2, 0) is 11.3 Å². The molecule has 0 atom stereocenters. The molecule has 1 fully saturated rings. The number of carbonyl (C=O) groups excluding carboxylic acids is 1. The molecule has 1 aliphatic heterocycles. The van der Waals surface area contributed by atoms with E-state index in [1.807, 2.05) is 23.2 Å². The Bertz CT molecular complexity index is 1540. The molecule has 0 spiro atoms. The molecule has 0 saturated carbocycles. The maximum Gasteiger partial charge on any atom is 0.219 e. The number of nitrogens with zero attached hydrogens (tertiary/aromatic N) is 7. The standard InChI is InChI=1S/C28H29Cl2N9O3/c1-17(40)39-8-6-38(7-9-39)14-18-4-5-23(32-12-18)36-24-10-20(33-16-34-24)19-13-31-15-35-28(19)37-27-25(29)21(41-2)11-22(42-3)26(27)30/h4-5,10-13,15-16H,6-9,14H2,1-3H3,(H,31,35,37)(H,32,33,34,36). The van der Waals surface area contributed by atoms with Crippen molar-refractivity contribution in [2.75, 3.05) is 51.0 Å². The van der Waals surface area contributed by atoms with E-state index in [4.69, 9.17) is 32.7 Å². The van der Waals surface area contributed by atoms with Crippen molar-refractivity contribution >= 4 is 52.3 Å². The third-order valence-electron chi connectivity index (χ3n) is 6.78. The molecule has 1 saturated heterocycles. The van der Waals surface area contributed by atoms with E-state index in [1.54, 1.807) is 25.3 Å². The van der Waals surface area contributed by atoms with Gasteiger partial charge in [-0.3, -0.25) is 9.69 Å². The Morgan fingerprint density at radius 3 is 2.26 bits per heavy atom. The van der Waals surface area contributed by atoms with Crippen molar-refractivity contribution < 1.29 is 14.3 Å². The van der Waals surface area contributed by atoms with E-state index >= 15 is 0 Å². The van der Waals surface area contributed by atoms with Crippen molar-refractivity contribution in [1.82, 2.24) is 34.7 Å². The van der Waals surface area contributed by atoms with Crippen molar-refractivity contribution in [3.63, 3.8) is 0 Å². The van der Waals surface area contributed by atoms with Crippen LogP contribution in [0.5, 0.6) is 11.5 Å². The van der Waals surface area contributed by atoms with Crippen molar-refractivity contribution in [2.24, 2.45) is 0 Å². The summed E-state index contributed by atoms with van der Waals surface area (Å²) in [6.07, 6.45) is 6.31. The van der Waals surface area contributed by atoms with E-state index in [-0.39, 0.29) is 16.0 Å². The minimum absolute atomic E-state index is 0.123. The highest BCUT2D eigenvalue weighted by Crippen LogP contribution is 2.45. The predicted molar refractivity (Wildman–Crippen MR) is 161 cm³/mol. The lowest BCUT2D eigenvalue weighted by molar-refractivity contribution is -0.130. The monoisotopic (exact) mass is 609 g/mol. The van der Waals surface area contributed by atoms with Gasteiger partial charge in [-0.05, 0) is 11.6 Å². The molecule has 14 heteroatoms. The number of halogens is 2. The van der Waals surface area contributed by atoms with Crippen molar-refractivity contribution in [3.8, 4) is 22.8 Å². The Labute approximate surface area is 253 Å². The molecule has 4 aromatic rings. The molecule has 2 N–H and O–H groups in total. The van der Waals surface area contributed by atoms with Crippen LogP contribution < -0.4 is 20.1 Å². The first-order chi connectivity index (χ1) is 20.4. The van der Waals surface area contributed by atoms with E-state index in [1.165, 1.54) is 26.9 Å². The maximum absolute atomic E-state index is 11.6. The quantitative estimate of drug-likeness (QED) is 0.271. The van der Waals surface area contributed by atoms with Gasteiger partial charge in [0.2, 0.25) is 5.91 Å². The Morgan fingerprint density at radius 1 is 0.881 bits per heavy atom. The number of nitrogens with one attached hydrogen (secondary N) is 2. The van der Waals surface area contributed by atoms with E-state index in [2.05, 4.69) is 40.5 Å². The molecule has 5 rings (SSSR count). The van der Waals surface area contributed by atoms with Crippen LogP contribution in [0.3, 0.4) is 0 Å². The average Bonchev–Trinajstić information content (AvgIpc) is 3.01. The average molecular weight is 611 g/mol. The highest BCUT2D eigenvalue weighted by molar-refractivity contribution is 6.41. The van der Waals surface area contributed by atoms with Gasteiger partial charge in [0.05, 0.1) is 31.2 Å². The zero-order chi connectivity index (χ0) is 29.6. The second kappa shape index (κ2) is 13.1. The summed E-state index contributed by atoms with van der Waals surface area (Å²) in [5.74, 6) is 2.49. The third kappa shape index (κ3) is 6.62. The fourth-order valence-electron chi connectivity index (χ4n) is 4.51. The van der Waals surface area contributed by atoms with E-state index in [9.17, 15) is 4.79 Å². The van der Waals surface area contributed by atoms with Crippen LogP contribution in [0, 0.1) is 0 Å². The number of aromatic nitrogens is 5. The van der Waals surface area contributed by atoms with Gasteiger partial charge in [-0.2, -0.15) is 0 Å². The molecule has 0 aliphatic carbocycles. The number of rotatable bonds is 9. The first kappa shape index (κ1) is 29.2. The number of anilines is 4. The fourth-order valence-corrected chi connectivity index (χ4v) is 5.10. The summed E-state index contributed by atoms with van der Waals surface area (Å²) in [5, 5.41) is 6.94. The van der Waals surface area contributed by atoms with Crippen molar-refractivity contribution in [2.45, 2.75) is 13.5 Å². The Kier molecular flexibility index (Phi) is 9.15. The van der Waals surface area contributed by atoms with Gasteiger partial charge in [-0.25, -0.2) is 24.9 Å². The molecule has 218 valence electrons. The molecule has 4 heterocycles. The molecule has 0 unspecified atom stereocenters. The smallest absolute Gasteiger partial charge is 0.219 e. The Balaban J connectivity index is 1.31. The van der Waals surface area contributed by atoms with Crippen LogP contribution in [0.25, 0.3) is 11.3 Å². The Morgan fingerprint density at radius 2 is 1.62 bits per heavy atom. The van der Waals surface area contributed by atoms with Crippen molar-refractivity contribution in [1.29, 1.82) is 0 Å². The third-order valence-corrected chi connectivity index (χ3v) is 7.53. The lowest BCUT2D eigenvalue weighted by Gasteiger charge is -2.34. The topological polar surface area (TPSA) is 131 Å². The second-order valence-corrected chi connectivity index (χ2v) is 10.2. The van der Waals surface area contributed by atoms with E-state index < -0.39 is 0 Å². The zero-order valence-corrected chi connectivity index (χ0v) is 24.8. The van der Waals surface area contributed by atoms with E-state index in [0.717, 1.165) is 38.3 Å². The number of methoxy groups -OCH3 is 2. The minimum Gasteiger partial charge on any atom is -0.495 e. The summed E-state index contributed by atoms with van der Waals surface area (Å²) in [6, 6.07) is 7.30. The van der Waals surface area contributed by atoms with Gasteiger partial charge >= 0.3 is 0 Å². The van der Waals surface area contributed by atoms with Crippen LogP contribution in [-0.4, -0.2) is 81.0 Å². The minimum atomic E-state index is 0.123. The first-order valence-electron chi connectivity index (χ1n) is 13.1. The van der Waals surface area contributed by atoms with Gasteiger partial charge in [-0.15, -0.1) is 0 Å². The molecule has 0 radical (unpaired) electrons. The molecular weight excluding hydrogens is 581 g/mol. The highest BCUT2D eigenvalue weighted by atomic mass is 35.5. The highest BCUT2D eigenvalue weighted by Gasteiger charge is 2.21. The SMILES string of the molecule is COc1cc(OC)c(Cl)c(Nc2ncncc2-c2cc(Nc3ccc(CN4CCN(C(C)=O)CC4)cn3)ncn2)c1Cl. The molecule has 3 aromatic heterocycles. The van der Waals surface area contributed by atoms with Gasteiger partial charge in [0.15, 0.2) is 0 Å². The molecule has 0 bridgehead atoms. The van der Waals surface area contributed by atoms with Gasteiger partial charge in [0, 0.05) is 64.2 Å².